The maximum Gasteiger partial charge on any atom is 0.231 e. The van der Waals surface area contributed by atoms with Crippen LogP contribution in [0.1, 0.15) is 57.9 Å². The molecular formula is C29H27NO5. The largest absolute Gasteiger partial charge is 0.477 e. The van der Waals surface area contributed by atoms with Gasteiger partial charge in [-0.25, -0.2) is 0 Å². The van der Waals surface area contributed by atoms with Crippen LogP contribution in [-0.2, 0) is 13.1 Å². The zero-order chi connectivity index (χ0) is 24.1. The zero-order valence-electron chi connectivity index (χ0n) is 20.1. The normalized spacial score (nSPS) is 17.4. The summed E-state index contributed by atoms with van der Waals surface area (Å²) in [5.74, 6) is 3.67. The Kier molecular flexibility index (Phi) is 5.26. The van der Waals surface area contributed by atoms with Crippen molar-refractivity contribution in [3.05, 3.63) is 87.7 Å². The van der Waals surface area contributed by atoms with Crippen molar-refractivity contribution in [3.8, 4) is 23.0 Å². The summed E-state index contributed by atoms with van der Waals surface area (Å²) in [7, 11) is 0. The first kappa shape index (κ1) is 21.7. The van der Waals surface area contributed by atoms with E-state index in [1.54, 1.807) is 0 Å². The molecule has 0 bridgehead atoms. The van der Waals surface area contributed by atoms with Crippen LogP contribution in [0.5, 0.6) is 23.0 Å². The molecule has 0 N–H and O–H groups in total. The molecule has 178 valence electrons. The van der Waals surface area contributed by atoms with Gasteiger partial charge >= 0.3 is 0 Å². The maximum atomic E-state index is 13.2. The van der Waals surface area contributed by atoms with Crippen LogP contribution in [0.4, 0.5) is 0 Å². The molecule has 3 heterocycles. The van der Waals surface area contributed by atoms with Gasteiger partial charge in [-0.3, -0.25) is 9.69 Å². The van der Waals surface area contributed by atoms with Gasteiger partial charge < -0.3 is 18.9 Å². The van der Waals surface area contributed by atoms with Gasteiger partial charge in [-0.15, -0.1) is 0 Å². The first-order chi connectivity index (χ1) is 17.0. The molecule has 3 aromatic carbocycles. The van der Waals surface area contributed by atoms with E-state index in [0.29, 0.717) is 42.8 Å². The van der Waals surface area contributed by atoms with E-state index in [9.17, 15) is 4.79 Å². The van der Waals surface area contributed by atoms with Crippen LogP contribution >= 0.6 is 0 Å². The Balaban J connectivity index is 1.23. The van der Waals surface area contributed by atoms with Gasteiger partial charge in [-0.1, -0.05) is 44.2 Å². The highest BCUT2D eigenvalue weighted by Gasteiger charge is 2.33. The third-order valence-electron chi connectivity index (χ3n) is 6.75. The first-order valence-corrected chi connectivity index (χ1v) is 11.9. The molecule has 0 saturated carbocycles. The van der Waals surface area contributed by atoms with Crippen molar-refractivity contribution in [1.29, 1.82) is 0 Å². The van der Waals surface area contributed by atoms with E-state index in [1.165, 1.54) is 5.56 Å². The minimum Gasteiger partial charge on any atom is -0.477 e. The third kappa shape index (κ3) is 3.94. The lowest BCUT2D eigenvalue weighted by Gasteiger charge is -2.30. The molecule has 6 heteroatoms. The number of hydrogen-bond acceptors (Lipinski definition) is 6. The quantitative estimate of drug-likeness (QED) is 0.449. The van der Waals surface area contributed by atoms with Gasteiger partial charge in [0, 0.05) is 24.2 Å². The molecule has 0 aromatic heterocycles. The summed E-state index contributed by atoms with van der Waals surface area (Å²) < 4.78 is 23.1. The van der Waals surface area contributed by atoms with E-state index < -0.39 is 0 Å². The molecular weight excluding hydrogens is 442 g/mol. The van der Waals surface area contributed by atoms with Crippen LogP contribution in [0.15, 0.2) is 54.3 Å². The molecule has 0 saturated heterocycles. The Bertz CT molecular complexity index is 1360. The Labute approximate surface area is 204 Å². The van der Waals surface area contributed by atoms with Crippen LogP contribution in [0.3, 0.4) is 0 Å². The summed E-state index contributed by atoms with van der Waals surface area (Å²) in [6.45, 7) is 8.39. The minimum atomic E-state index is -0.0910. The number of benzene rings is 3. The lowest BCUT2D eigenvalue weighted by Crippen LogP contribution is -2.32. The van der Waals surface area contributed by atoms with Crippen molar-refractivity contribution in [2.75, 3.05) is 13.5 Å². The number of carbonyl (C=O) groups is 1. The molecule has 0 amide bonds. The second-order valence-corrected chi connectivity index (χ2v) is 9.58. The number of carbonyl (C=O) groups excluding carboxylic acids is 1. The maximum absolute atomic E-state index is 13.2. The average Bonchev–Trinajstić information content (AvgIpc) is 3.44. The topological polar surface area (TPSA) is 57.2 Å². The van der Waals surface area contributed by atoms with Crippen LogP contribution in [0.25, 0.3) is 6.08 Å². The van der Waals surface area contributed by atoms with Crippen LogP contribution in [-0.4, -0.2) is 24.2 Å². The van der Waals surface area contributed by atoms with Crippen molar-refractivity contribution in [1.82, 2.24) is 4.90 Å². The zero-order valence-corrected chi connectivity index (χ0v) is 20.1. The molecule has 0 radical (unpaired) electrons. The van der Waals surface area contributed by atoms with Crippen molar-refractivity contribution in [2.24, 2.45) is 0 Å². The number of ketones is 1. The highest BCUT2D eigenvalue weighted by atomic mass is 16.7. The second kappa shape index (κ2) is 8.47. The Hall–Kier alpha value is -3.77. The van der Waals surface area contributed by atoms with Gasteiger partial charge in [0.05, 0.1) is 5.56 Å². The lowest BCUT2D eigenvalue weighted by molar-refractivity contribution is 0.0876. The van der Waals surface area contributed by atoms with E-state index in [0.717, 1.165) is 39.5 Å². The molecule has 0 unspecified atom stereocenters. The number of fused-ring (bicyclic) bond motifs is 3. The second-order valence-electron chi connectivity index (χ2n) is 9.58. The van der Waals surface area contributed by atoms with Crippen LogP contribution in [0.2, 0.25) is 0 Å². The third-order valence-corrected chi connectivity index (χ3v) is 6.75. The molecule has 0 spiro atoms. The highest BCUT2D eigenvalue weighted by molar-refractivity contribution is 6.15. The number of nitrogens with zero attached hydrogens (tertiary/aromatic N) is 1. The van der Waals surface area contributed by atoms with Gasteiger partial charge in [0.15, 0.2) is 17.3 Å². The molecule has 3 aliphatic rings. The molecule has 3 aliphatic heterocycles. The predicted octanol–water partition coefficient (Wildman–Crippen LogP) is 5.82. The van der Waals surface area contributed by atoms with Crippen molar-refractivity contribution >= 4 is 11.9 Å². The predicted molar refractivity (Wildman–Crippen MR) is 132 cm³/mol. The number of ether oxygens (including phenoxy) is 4. The number of Topliss-reactive ketones (excluding diaryl/α,β-unsaturated/α-hetero) is 1. The smallest absolute Gasteiger partial charge is 0.231 e. The summed E-state index contributed by atoms with van der Waals surface area (Å²) in [6.07, 6.45) is 1.82. The average molecular weight is 470 g/mol. The van der Waals surface area contributed by atoms with Crippen LogP contribution < -0.4 is 18.9 Å². The molecule has 0 fully saturated rings. The Morgan fingerprint density at radius 1 is 0.971 bits per heavy atom. The van der Waals surface area contributed by atoms with E-state index in [4.69, 9.17) is 18.9 Å². The molecule has 6 nitrogen and oxygen atoms in total. The lowest BCUT2D eigenvalue weighted by atomic mass is 9.99. The van der Waals surface area contributed by atoms with Crippen molar-refractivity contribution in [2.45, 2.75) is 39.8 Å². The summed E-state index contributed by atoms with van der Waals surface area (Å²) >= 11 is 0. The molecule has 6 rings (SSSR count). The monoisotopic (exact) mass is 469 g/mol. The molecule has 35 heavy (non-hydrogen) atoms. The number of allylic oxidation sites excluding steroid dienone is 1. The van der Waals surface area contributed by atoms with Gasteiger partial charge in [-0.2, -0.15) is 0 Å². The van der Waals surface area contributed by atoms with Crippen molar-refractivity contribution in [3.63, 3.8) is 0 Å². The fourth-order valence-corrected chi connectivity index (χ4v) is 4.82. The number of hydrogen-bond donors (Lipinski definition) is 0. The van der Waals surface area contributed by atoms with Gasteiger partial charge in [0.2, 0.25) is 12.6 Å². The summed E-state index contributed by atoms with van der Waals surface area (Å²) in [5, 5.41) is 0. The standard InChI is InChI=1S/C29H27NO5/c1-17(2)21-7-4-19(5-8-21)10-26-27(31)23-12-22-14-30(15-32-28(22)18(3)29(23)35-26)13-20-6-9-24-25(11-20)34-16-33-24/h4-12,17H,13-16H2,1-3H3/b26-10-. The number of rotatable bonds is 4. The molecule has 0 aliphatic carbocycles. The van der Waals surface area contributed by atoms with E-state index in [2.05, 4.69) is 30.9 Å². The van der Waals surface area contributed by atoms with Gasteiger partial charge in [0.25, 0.3) is 0 Å². The van der Waals surface area contributed by atoms with Crippen LogP contribution in [0, 0.1) is 6.92 Å². The SMILES string of the molecule is Cc1c2c(cc3c1O/C(=C\c1ccc(C(C)C)cc1)C3=O)CN(Cc1ccc3c(c1)OCO3)CO2. The Morgan fingerprint density at radius 2 is 1.77 bits per heavy atom. The molecule has 3 aromatic rings. The summed E-state index contributed by atoms with van der Waals surface area (Å²) in [4.78, 5) is 15.4. The van der Waals surface area contributed by atoms with E-state index >= 15 is 0 Å². The van der Waals surface area contributed by atoms with Crippen molar-refractivity contribution < 1.29 is 23.7 Å². The van der Waals surface area contributed by atoms with Gasteiger partial charge in [-0.05, 0) is 53.8 Å². The van der Waals surface area contributed by atoms with E-state index in [-0.39, 0.29) is 12.6 Å². The summed E-state index contributed by atoms with van der Waals surface area (Å²) in [5.41, 5.74) is 5.78. The highest BCUT2D eigenvalue weighted by Crippen LogP contribution is 2.43. The first-order valence-electron chi connectivity index (χ1n) is 11.9. The Morgan fingerprint density at radius 3 is 2.57 bits per heavy atom. The van der Waals surface area contributed by atoms with Gasteiger partial charge in [0.1, 0.15) is 18.2 Å². The minimum absolute atomic E-state index is 0.0910. The van der Waals surface area contributed by atoms with E-state index in [1.807, 2.05) is 49.4 Å². The fraction of sp³-hybridized carbons (Fsp3) is 0.276. The summed E-state index contributed by atoms with van der Waals surface area (Å²) in [6, 6.07) is 16.1. The fourth-order valence-electron chi connectivity index (χ4n) is 4.82. The molecule has 0 atom stereocenters.